The Morgan fingerprint density at radius 2 is 1.70 bits per heavy atom. The molecule has 4 heteroatoms. The predicted octanol–water partition coefficient (Wildman–Crippen LogP) is 2.43. The standard InChI is InChI=1S/C23H34N2O2/c1-16(23-11-18-8-19(12-23)10-20(9-18)13-23)24-22(26)15-25(2)14-17-4-6-21(27-3)7-5-17/h4-7,16,18-20H,8-15H2,1-3H3,(H,24,26)/p+1/t16-,18?,19?,20?,23?/m0/s1. The lowest BCUT2D eigenvalue weighted by Gasteiger charge is -2.59. The minimum atomic E-state index is 0.198. The average molecular weight is 372 g/mol. The van der Waals surface area contributed by atoms with Gasteiger partial charge in [-0.05, 0) is 92.9 Å². The molecule has 2 N–H and O–H groups in total. The van der Waals surface area contributed by atoms with E-state index in [2.05, 4.69) is 31.4 Å². The molecule has 1 unspecified atom stereocenters. The van der Waals surface area contributed by atoms with Gasteiger partial charge in [-0.2, -0.15) is 0 Å². The van der Waals surface area contributed by atoms with E-state index in [1.165, 1.54) is 49.0 Å². The quantitative estimate of drug-likeness (QED) is 0.773. The van der Waals surface area contributed by atoms with Crippen molar-refractivity contribution in [3.05, 3.63) is 29.8 Å². The van der Waals surface area contributed by atoms with Crippen LogP contribution >= 0.6 is 0 Å². The molecule has 0 spiro atoms. The van der Waals surface area contributed by atoms with Gasteiger partial charge in [0.15, 0.2) is 6.54 Å². The Balaban J connectivity index is 1.29. The lowest BCUT2D eigenvalue weighted by Crippen LogP contribution is -3.09. The summed E-state index contributed by atoms with van der Waals surface area (Å²) in [6.07, 6.45) is 8.39. The van der Waals surface area contributed by atoms with Crippen LogP contribution in [0.1, 0.15) is 51.0 Å². The highest BCUT2D eigenvalue weighted by atomic mass is 16.5. The number of methoxy groups -OCH3 is 1. The zero-order chi connectivity index (χ0) is 19.0. The van der Waals surface area contributed by atoms with E-state index >= 15 is 0 Å². The van der Waals surface area contributed by atoms with E-state index in [-0.39, 0.29) is 5.91 Å². The van der Waals surface area contributed by atoms with Crippen LogP contribution in [0.3, 0.4) is 0 Å². The molecule has 0 aliphatic heterocycles. The van der Waals surface area contributed by atoms with Crippen LogP contribution in [-0.2, 0) is 11.3 Å². The highest BCUT2D eigenvalue weighted by molar-refractivity contribution is 5.77. The summed E-state index contributed by atoms with van der Waals surface area (Å²) in [5, 5.41) is 3.39. The number of ether oxygens (including phenoxy) is 1. The fraction of sp³-hybridized carbons (Fsp3) is 0.696. The summed E-state index contributed by atoms with van der Waals surface area (Å²) >= 11 is 0. The summed E-state index contributed by atoms with van der Waals surface area (Å²) in [6, 6.07) is 8.44. The second-order valence-electron chi connectivity index (χ2n) is 9.73. The number of rotatable bonds is 7. The first-order chi connectivity index (χ1) is 13.0. The number of carbonyl (C=O) groups excluding carboxylic acids is 1. The monoisotopic (exact) mass is 371 g/mol. The molecule has 0 saturated heterocycles. The van der Waals surface area contributed by atoms with Crippen molar-refractivity contribution in [2.75, 3.05) is 20.7 Å². The number of quaternary nitrogens is 1. The van der Waals surface area contributed by atoms with Crippen molar-refractivity contribution in [2.45, 2.75) is 58.0 Å². The van der Waals surface area contributed by atoms with Crippen molar-refractivity contribution in [1.29, 1.82) is 0 Å². The Morgan fingerprint density at radius 3 is 2.22 bits per heavy atom. The first-order valence-electron chi connectivity index (χ1n) is 10.7. The number of carbonyl (C=O) groups is 1. The van der Waals surface area contributed by atoms with Gasteiger partial charge in [-0.15, -0.1) is 0 Å². The summed E-state index contributed by atoms with van der Waals surface area (Å²) in [5.41, 5.74) is 1.61. The van der Waals surface area contributed by atoms with Crippen LogP contribution in [0.2, 0.25) is 0 Å². The van der Waals surface area contributed by atoms with E-state index in [1.807, 2.05) is 12.1 Å². The molecule has 4 bridgehead atoms. The van der Waals surface area contributed by atoms with Crippen LogP contribution in [-0.4, -0.2) is 32.7 Å². The van der Waals surface area contributed by atoms with E-state index in [0.717, 1.165) is 30.0 Å². The second-order valence-corrected chi connectivity index (χ2v) is 9.73. The van der Waals surface area contributed by atoms with Crippen molar-refractivity contribution in [2.24, 2.45) is 23.2 Å². The molecule has 1 aromatic carbocycles. The molecule has 4 aliphatic carbocycles. The number of likely N-dealkylation sites (N-methyl/N-ethyl adjacent to an activating group) is 1. The fourth-order valence-electron chi connectivity index (χ4n) is 6.58. The first-order valence-corrected chi connectivity index (χ1v) is 10.7. The zero-order valence-electron chi connectivity index (χ0n) is 17.1. The molecular formula is C23H35N2O2+. The maximum absolute atomic E-state index is 12.7. The largest absolute Gasteiger partial charge is 0.497 e. The summed E-state index contributed by atoms with van der Waals surface area (Å²) in [6.45, 7) is 3.65. The molecule has 4 fully saturated rings. The van der Waals surface area contributed by atoms with Gasteiger partial charge in [-0.25, -0.2) is 0 Å². The molecule has 148 valence electrons. The topological polar surface area (TPSA) is 42.8 Å². The maximum Gasteiger partial charge on any atom is 0.275 e. The summed E-state index contributed by atoms with van der Waals surface area (Å²) < 4.78 is 5.21. The Morgan fingerprint density at radius 1 is 1.15 bits per heavy atom. The molecule has 0 heterocycles. The van der Waals surface area contributed by atoms with E-state index in [1.54, 1.807) is 7.11 Å². The minimum absolute atomic E-state index is 0.198. The molecule has 5 rings (SSSR count). The normalized spacial score (nSPS) is 33.5. The van der Waals surface area contributed by atoms with Gasteiger partial charge in [0.1, 0.15) is 12.3 Å². The summed E-state index contributed by atoms with van der Waals surface area (Å²) in [7, 11) is 3.78. The van der Waals surface area contributed by atoms with Gasteiger partial charge in [0.25, 0.3) is 5.91 Å². The van der Waals surface area contributed by atoms with Crippen molar-refractivity contribution in [3.63, 3.8) is 0 Å². The highest BCUT2D eigenvalue weighted by Gasteiger charge is 2.53. The second kappa shape index (κ2) is 7.46. The third-order valence-corrected chi connectivity index (χ3v) is 7.51. The van der Waals surface area contributed by atoms with Crippen LogP contribution in [0, 0.1) is 23.2 Å². The predicted molar refractivity (Wildman–Crippen MR) is 107 cm³/mol. The lowest BCUT2D eigenvalue weighted by molar-refractivity contribution is -0.885. The van der Waals surface area contributed by atoms with Crippen molar-refractivity contribution in [3.8, 4) is 5.75 Å². The Hall–Kier alpha value is -1.55. The molecule has 1 aromatic rings. The molecule has 0 aromatic heterocycles. The van der Waals surface area contributed by atoms with E-state index in [0.29, 0.717) is 18.0 Å². The SMILES string of the molecule is COc1ccc(C[NH+](C)CC(=O)N[C@@H](C)C23CC4CC(CC(C4)C2)C3)cc1. The summed E-state index contributed by atoms with van der Waals surface area (Å²) in [5.74, 6) is 3.86. The van der Waals surface area contributed by atoms with Gasteiger partial charge in [0.05, 0.1) is 14.2 Å². The van der Waals surface area contributed by atoms with Gasteiger partial charge in [-0.3, -0.25) is 4.79 Å². The Labute approximate surface area is 163 Å². The van der Waals surface area contributed by atoms with Crippen molar-refractivity contribution >= 4 is 5.91 Å². The Bertz CT molecular complexity index is 634. The van der Waals surface area contributed by atoms with Crippen molar-refractivity contribution in [1.82, 2.24) is 5.32 Å². The van der Waals surface area contributed by atoms with Gasteiger partial charge >= 0.3 is 0 Å². The molecule has 27 heavy (non-hydrogen) atoms. The number of benzene rings is 1. The van der Waals surface area contributed by atoms with Crippen LogP contribution < -0.4 is 15.0 Å². The molecule has 4 nitrogen and oxygen atoms in total. The lowest BCUT2D eigenvalue weighted by atomic mass is 9.48. The van der Waals surface area contributed by atoms with Crippen LogP contribution in [0.25, 0.3) is 0 Å². The number of amides is 1. The Kier molecular flexibility index (Phi) is 5.19. The third kappa shape index (κ3) is 4.01. The van der Waals surface area contributed by atoms with E-state index < -0.39 is 0 Å². The van der Waals surface area contributed by atoms with Gasteiger partial charge in [0.2, 0.25) is 0 Å². The van der Waals surface area contributed by atoms with Crippen LogP contribution in [0.15, 0.2) is 24.3 Å². The zero-order valence-corrected chi connectivity index (χ0v) is 17.1. The maximum atomic E-state index is 12.7. The number of nitrogens with one attached hydrogen (secondary N) is 2. The number of hydrogen-bond acceptors (Lipinski definition) is 2. The third-order valence-electron chi connectivity index (χ3n) is 7.51. The molecule has 2 atom stereocenters. The smallest absolute Gasteiger partial charge is 0.275 e. The fourth-order valence-corrected chi connectivity index (χ4v) is 6.58. The van der Waals surface area contributed by atoms with E-state index in [9.17, 15) is 4.79 Å². The van der Waals surface area contributed by atoms with Crippen LogP contribution in [0.5, 0.6) is 5.75 Å². The van der Waals surface area contributed by atoms with Crippen molar-refractivity contribution < 1.29 is 14.4 Å². The molecule has 4 aliphatic rings. The molecular weight excluding hydrogens is 336 g/mol. The van der Waals surface area contributed by atoms with E-state index in [4.69, 9.17) is 4.74 Å². The minimum Gasteiger partial charge on any atom is -0.497 e. The van der Waals surface area contributed by atoms with Gasteiger partial charge in [0, 0.05) is 11.6 Å². The molecule has 0 radical (unpaired) electrons. The average Bonchev–Trinajstić information content (AvgIpc) is 2.61. The molecule has 4 saturated carbocycles. The highest BCUT2D eigenvalue weighted by Crippen LogP contribution is 2.61. The molecule has 1 amide bonds. The van der Waals surface area contributed by atoms with Crippen LogP contribution in [0.4, 0.5) is 0 Å². The summed E-state index contributed by atoms with van der Waals surface area (Å²) in [4.78, 5) is 13.9. The van der Waals surface area contributed by atoms with Gasteiger partial charge < -0.3 is 15.0 Å². The van der Waals surface area contributed by atoms with Gasteiger partial charge in [-0.1, -0.05) is 0 Å². The number of hydrogen-bond donors (Lipinski definition) is 2. The first kappa shape index (κ1) is 18.8.